The summed E-state index contributed by atoms with van der Waals surface area (Å²) in [6, 6.07) is 17.5. The van der Waals surface area contributed by atoms with Crippen molar-refractivity contribution in [1.29, 1.82) is 0 Å². The molecule has 0 aromatic heterocycles. The highest BCUT2D eigenvalue weighted by Crippen LogP contribution is 2.15. The zero-order valence-electron chi connectivity index (χ0n) is 13.7. The Morgan fingerprint density at radius 3 is 2.10 bits per heavy atom. The predicted octanol–water partition coefficient (Wildman–Crippen LogP) is 4.80. The molecule has 112 valence electrons. The Bertz CT molecular complexity index is 549. The highest BCUT2D eigenvalue weighted by Gasteiger charge is 2.16. The Morgan fingerprint density at radius 2 is 1.48 bits per heavy atom. The Balaban J connectivity index is 1.88. The molecule has 1 N–H and O–H groups in total. The maximum Gasteiger partial charge on any atom is 0.0210 e. The predicted molar refractivity (Wildman–Crippen MR) is 91.6 cm³/mol. The Hall–Kier alpha value is -1.60. The van der Waals surface area contributed by atoms with Crippen molar-refractivity contribution in [2.24, 2.45) is 0 Å². The molecule has 0 fully saturated rings. The number of benzene rings is 2. The lowest BCUT2D eigenvalue weighted by molar-refractivity contribution is 0.360. The van der Waals surface area contributed by atoms with Crippen molar-refractivity contribution in [1.82, 2.24) is 5.32 Å². The van der Waals surface area contributed by atoms with Crippen LogP contribution in [0.1, 0.15) is 42.5 Å². The van der Waals surface area contributed by atoms with Crippen LogP contribution in [0.15, 0.2) is 48.5 Å². The molecule has 1 nitrogen and oxygen atoms in total. The maximum atomic E-state index is 3.70. The summed E-state index contributed by atoms with van der Waals surface area (Å²) in [5.74, 6) is 0. The van der Waals surface area contributed by atoms with Crippen molar-refractivity contribution in [3.8, 4) is 0 Å². The van der Waals surface area contributed by atoms with E-state index in [1.807, 2.05) is 0 Å². The summed E-state index contributed by atoms with van der Waals surface area (Å²) in [5.41, 5.74) is 5.62. The van der Waals surface area contributed by atoms with Gasteiger partial charge in [0.15, 0.2) is 0 Å². The summed E-state index contributed by atoms with van der Waals surface area (Å²) in [6.45, 7) is 9.84. The monoisotopic (exact) mass is 281 g/mol. The topological polar surface area (TPSA) is 12.0 Å². The summed E-state index contributed by atoms with van der Waals surface area (Å²) in [6.07, 6.45) is 2.26. The largest absolute Gasteiger partial charge is 0.308 e. The van der Waals surface area contributed by atoms with E-state index in [1.54, 1.807) is 0 Å². The van der Waals surface area contributed by atoms with Gasteiger partial charge in [0.05, 0.1) is 0 Å². The molecule has 0 unspecified atom stereocenters. The van der Waals surface area contributed by atoms with Gasteiger partial charge in [0, 0.05) is 12.1 Å². The standard InChI is InChI=1S/C20H27N/c1-16-12-17(2)14-19(13-16)15-21-20(3,4)11-10-18-8-6-5-7-9-18/h5-9,12-14,21H,10-11,15H2,1-4H3. The van der Waals surface area contributed by atoms with E-state index in [-0.39, 0.29) is 5.54 Å². The SMILES string of the molecule is Cc1cc(C)cc(CNC(C)(C)CCc2ccccc2)c1. The van der Waals surface area contributed by atoms with Gasteiger partial charge in [-0.15, -0.1) is 0 Å². The molecule has 0 spiro atoms. The smallest absolute Gasteiger partial charge is 0.0210 e. The van der Waals surface area contributed by atoms with Crippen LogP contribution in [0.3, 0.4) is 0 Å². The van der Waals surface area contributed by atoms with E-state index in [9.17, 15) is 0 Å². The maximum absolute atomic E-state index is 3.70. The third-order valence-corrected chi connectivity index (χ3v) is 3.93. The fourth-order valence-electron chi connectivity index (χ4n) is 2.70. The highest BCUT2D eigenvalue weighted by molar-refractivity contribution is 5.28. The first-order valence-electron chi connectivity index (χ1n) is 7.81. The van der Waals surface area contributed by atoms with Gasteiger partial charge in [-0.2, -0.15) is 0 Å². The quantitative estimate of drug-likeness (QED) is 0.801. The molecule has 0 heterocycles. The van der Waals surface area contributed by atoms with Gasteiger partial charge in [0.1, 0.15) is 0 Å². The molecular formula is C20H27N. The van der Waals surface area contributed by atoms with Crippen LogP contribution >= 0.6 is 0 Å². The molecule has 0 aliphatic heterocycles. The molecule has 2 aromatic carbocycles. The number of rotatable bonds is 6. The number of hydrogen-bond acceptors (Lipinski definition) is 1. The first-order valence-corrected chi connectivity index (χ1v) is 7.81. The fraction of sp³-hybridized carbons (Fsp3) is 0.400. The second-order valence-electron chi connectivity index (χ2n) is 6.72. The van der Waals surface area contributed by atoms with Crippen LogP contribution in [0.2, 0.25) is 0 Å². The van der Waals surface area contributed by atoms with Crippen LogP contribution < -0.4 is 5.32 Å². The highest BCUT2D eigenvalue weighted by atomic mass is 14.9. The van der Waals surface area contributed by atoms with Gasteiger partial charge in [-0.05, 0) is 51.7 Å². The first kappa shape index (κ1) is 15.8. The van der Waals surface area contributed by atoms with E-state index in [2.05, 4.69) is 81.5 Å². The van der Waals surface area contributed by atoms with Crippen LogP contribution in [0, 0.1) is 13.8 Å². The zero-order valence-corrected chi connectivity index (χ0v) is 13.7. The minimum absolute atomic E-state index is 0.146. The molecule has 0 aliphatic rings. The van der Waals surface area contributed by atoms with Gasteiger partial charge < -0.3 is 5.32 Å². The average Bonchev–Trinajstić information content (AvgIpc) is 2.44. The molecule has 0 saturated heterocycles. The summed E-state index contributed by atoms with van der Waals surface area (Å²) < 4.78 is 0. The van der Waals surface area contributed by atoms with Crippen LogP contribution in [-0.2, 0) is 13.0 Å². The van der Waals surface area contributed by atoms with Crippen molar-refractivity contribution in [2.45, 2.75) is 52.6 Å². The summed E-state index contributed by atoms with van der Waals surface area (Å²) >= 11 is 0. The van der Waals surface area contributed by atoms with E-state index < -0.39 is 0 Å². The van der Waals surface area contributed by atoms with Crippen LogP contribution in [-0.4, -0.2) is 5.54 Å². The molecule has 0 radical (unpaired) electrons. The molecule has 2 rings (SSSR count). The van der Waals surface area contributed by atoms with E-state index in [1.165, 1.54) is 22.3 Å². The zero-order chi connectivity index (χ0) is 15.3. The average molecular weight is 281 g/mol. The van der Waals surface area contributed by atoms with Crippen molar-refractivity contribution < 1.29 is 0 Å². The van der Waals surface area contributed by atoms with Crippen molar-refractivity contribution in [2.75, 3.05) is 0 Å². The van der Waals surface area contributed by atoms with E-state index in [4.69, 9.17) is 0 Å². The van der Waals surface area contributed by atoms with Gasteiger partial charge in [-0.3, -0.25) is 0 Å². The summed E-state index contributed by atoms with van der Waals surface area (Å²) in [7, 11) is 0. The lowest BCUT2D eigenvalue weighted by atomic mass is 9.94. The van der Waals surface area contributed by atoms with Gasteiger partial charge >= 0.3 is 0 Å². The molecule has 0 atom stereocenters. The van der Waals surface area contributed by atoms with Crippen LogP contribution in [0.4, 0.5) is 0 Å². The first-order chi connectivity index (χ1) is 9.94. The van der Waals surface area contributed by atoms with Gasteiger partial charge in [-0.25, -0.2) is 0 Å². The Kier molecular flexibility index (Phi) is 5.19. The molecule has 0 saturated carbocycles. The molecule has 0 amide bonds. The number of nitrogens with one attached hydrogen (secondary N) is 1. The Labute approximate surface area is 129 Å². The Morgan fingerprint density at radius 1 is 0.857 bits per heavy atom. The molecule has 21 heavy (non-hydrogen) atoms. The minimum atomic E-state index is 0.146. The van der Waals surface area contributed by atoms with Crippen molar-refractivity contribution in [3.05, 3.63) is 70.8 Å². The molecular weight excluding hydrogens is 254 g/mol. The third kappa shape index (κ3) is 5.35. The van der Waals surface area contributed by atoms with Crippen LogP contribution in [0.25, 0.3) is 0 Å². The number of aryl methyl sites for hydroxylation is 3. The normalized spacial score (nSPS) is 11.6. The second kappa shape index (κ2) is 6.91. The van der Waals surface area contributed by atoms with Gasteiger partial charge in [0.2, 0.25) is 0 Å². The van der Waals surface area contributed by atoms with E-state index >= 15 is 0 Å². The van der Waals surface area contributed by atoms with E-state index in [0.717, 1.165) is 19.4 Å². The van der Waals surface area contributed by atoms with Gasteiger partial charge in [0.25, 0.3) is 0 Å². The lowest BCUT2D eigenvalue weighted by Gasteiger charge is -2.27. The fourth-order valence-corrected chi connectivity index (χ4v) is 2.70. The van der Waals surface area contributed by atoms with Crippen molar-refractivity contribution >= 4 is 0 Å². The lowest BCUT2D eigenvalue weighted by Crippen LogP contribution is -2.39. The third-order valence-electron chi connectivity index (χ3n) is 3.93. The van der Waals surface area contributed by atoms with E-state index in [0.29, 0.717) is 0 Å². The molecule has 0 aliphatic carbocycles. The molecule has 0 bridgehead atoms. The van der Waals surface area contributed by atoms with Crippen LogP contribution in [0.5, 0.6) is 0 Å². The van der Waals surface area contributed by atoms with Crippen molar-refractivity contribution in [3.63, 3.8) is 0 Å². The molecule has 2 aromatic rings. The summed E-state index contributed by atoms with van der Waals surface area (Å²) in [5, 5.41) is 3.70. The van der Waals surface area contributed by atoms with Gasteiger partial charge in [-0.1, -0.05) is 59.7 Å². The minimum Gasteiger partial charge on any atom is -0.308 e. The second-order valence-corrected chi connectivity index (χ2v) is 6.72. The number of hydrogen-bond donors (Lipinski definition) is 1. The summed E-state index contributed by atoms with van der Waals surface area (Å²) in [4.78, 5) is 0. The molecule has 1 heteroatoms.